The molecule has 0 aliphatic carbocycles. The number of hydrogen-bond acceptors (Lipinski definition) is 15. The highest BCUT2D eigenvalue weighted by atomic mass is 79.9. The molecule has 6 aromatic carbocycles. The minimum absolute atomic E-state index is 0.0704. The summed E-state index contributed by atoms with van der Waals surface area (Å²) in [6, 6.07) is 27.9. The monoisotopic (exact) mass is 1280 g/mol. The molecular formula is C63H71Br2N3O15. The molecule has 0 saturated heterocycles. The van der Waals surface area contributed by atoms with E-state index >= 15 is 0 Å². The Bertz CT molecular complexity index is 3850. The van der Waals surface area contributed by atoms with Crippen LogP contribution < -0.4 is 29.0 Å². The molecule has 20 heteroatoms. The summed E-state index contributed by atoms with van der Waals surface area (Å²) in [6.07, 6.45) is 0. The predicted octanol–water partition coefficient (Wildman–Crippen LogP) is 11.6. The lowest BCUT2D eigenvalue weighted by Crippen LogP contribution is -2.32. The van der Waals surface area contributed by atoms with Gasteiger partial charge in [-0.1, -0.05) is 68.3 Å². The number of carbonyl (C=O) groups excluding carboxylic acids is 7. The van der Waals surface area contributed by atoms with Crippen LogP contribution in [0.2, 0.25) is 0 Å². The molecule has 0 aromatic heterocycles. The van der Waals surface area contributed by atoms with Gasteiger partial charge in [-0.25, -0.2) is 4.79 Å². The summed E-state index contributed by atoms with van der Waals surface area (Å²) in [5.74, 6) is -0.775. The normalized spacial score (nSPS) is 15.6. The molecule has 0 atom stereocenters. The molecule has 0 saturated carbocycles. The van der Waals surface area contributed by atoms with E-state index in [-0.39, 0.29) is 70.5 Å². The Hall–Kier alpha value is -8.23. The van der Waals surface area contributed by atoms with Gasteiger partial charge < -0.3 is 53.4 Å². The number of ketones is 2. The molecule has 0 fully saturated rings. The van der Waals surface area contributed by atoms with Gasteiger partial charge in [0.15, 0.2) is 18.3 Å². The first-order chi connectivity index (χ1) is 45.1. The van der Waals surface area contributed by atoms with Crippen molar-refractivity contribution in [1.82, 2.24) is 15.1 Å². The zero-order chi connectivity index (χ0) is 74.2. The van der Waals surface area contributed by atoms with Crippen LogP contribution in [0.15, 0.2) is 109 Å². The van der Waals surface area contributed by atoms with E-state index in [0.29, 0.717) is 63.8 Å². The number of halogens is 2. The molecule has 0 spiro atoms. The molecule has 6 aromatic rings. The lowest BCUT2D eigenvalue weighted by molar-refractivity contribution is -0.156. The maximum Gasteiger partial charge on any atom is 0.338 e. The zero-order valence-corrected chi connectivity index (χ0v) is 49.6. The third-order valence-corrected chi connectivity index (χ3v) is 13.4. The number of benzene rings is 6. The number of aryl methyl sites for hydroxylation is 2. The van der Waals surface area contributed by atoms with Crippen molar-refractivity contribution in [3.05, 3.63) is 176 Å². The SMILES string of the molecule is COC(=O)c1cc(O)ccc1C.[2H]C([2H])([2H])Oc1ccc(C)c(C(C)=O)c1.[2H]C([2H])([2H])Oc1ccc(CBr)c(C(C)=O)c1.[2H]C([2H])([2H])Oc1ccc2c(c1)C(=O)N(CBr)C2.[2H]C([2H])([2H])Oc1ccc2c(c1)C(=O)N(COC(=O)C(C)(C)C)C2.[2H]C([2H])([2H])Oc1ccc2c(c1)C(=O)NC2. The molecular weight excluding hydrogens is 1200 g/mol. The molecule has 3 aliphatic heterocycles. The van der Waals surface area contributed by atoms with Crippen molar-refractivity contribution in [3.63, 3.8) is 0 Å². The number of hydrogen-bond donors (Lipinski definition) is 2. The van der Waals surface area contributed by atoms with Crippen molar-refractivity contribution in [2.75, 3.05) is 54.5 Å². The first kappa shape index (κ1) is 47.3. The number of phenolic OH excluding ortho intramolecular Hbond substituents is 1. The number of methoxy groups -OCH3 is 6. The van der Waals surface area contributed by atoms with Crippen LogP contribution in [-0.2, 0) is 39.2 Å². The molecule has 0 bridgehead atoms. The Morgan fingerprint density at radius 3 is 1.53 bits per heavy atom. The van der Waals surface area contributed by atoms with E-state index in [2.05, 4.69) is 41.9 Å². The molecule has 3 heterocycles. The third-order valence-electron chi connectivity index (χ3n) is 12.2. The van der Waals surface area contributed by atoms with Gasteiger partial charge >= 0.3 is 11.9 Å². The van der Waals surface area contributed by atoms with E-state index in [9.17, 15) is 33.6 Å². The molecule has 18 nitrogen and oxygen atoms in total. The Kier molecular flexibility index (Phi) is 18.1. The van der Waals surface area contributed by atoms with Gasteiger partial charge in [-0.2, -0.15) is 0 Å². The highest BCUT2D eigenvalue weighted by Gasteiger charge is 2.31. The Labute approximate surface area is 522 Å². The summed E-state index contributed by atoms with van der Waals surface area (Å²) >= 11 is 6.49. The first-order valence-corrected chi connectivity index (χ1v) is 27.0. The van der Waals surface area contributed by atoms with Crippen LogP contribution in [0.5, 0.6) is 34.5 Å². The van der Waals surface area contributed by atoms with Crippen LogP contribution in [0.1, 0.15) is 151 Å². The van der Waals surface area contributed by atoms with Crippen LogP contribution in [0.25, 0.3) is 0 Å². The standard InChI is InChI=1S/C15H19NO4.C10H10BrNO2.C10H11BrO2.C10H12O2.C9H9NO2.C9H10O3/c1-15(2,3)14(18)20-9-16-8-10-5-6-11(19-4)7-12(10)13(16)17;1-14-8-3-2-7-5-12(6-11)10(13)9(7)4-8;1-7(12)10-5-9(13-2)4-3-8(10)6-11;1-7-4-5-9(12-3)6-10(7)8(2)11;1-12-7-3-2-6-5-10-9(11)8(6)4-7;1-6-3-4-7(10)5-8(6)9(11)12-2/h5-7H,8-9H2,1-4H3;2-4H,5-6H2,1H3;3-5H,6H2,1-2H3;4-6H,1-3H3;2-4H,5H2,1H3,(H,10,11);3-5,10H,1-2H3/i4D3;1D3;2D3;3D3;1D3;. The number of carbonyl (C=O) groups is 7. The Morgan fingerprint density at radius 1 is 0.590 bits per heavy atom. The fourth-order valence-corrected chi connectivity index (χ4v) is 8.56. The quantitative estimate of drug-likeness (QED) is 0.0503. The van der Waals surface area contributed by atoms with Crippen molar-refractivity contribution in [3.8, 4) is 34.5 Å². The number of Topliss-reactive ketones (excluding diaryl/α,β-unsaturated/α-hetero) is 2. The average Bonchev–Trinajstić information content (AvgIpc) is 1.66. The second-order valence-electron chi connectivity index (χ2n) is 19.1. The van der Waals surface area contributed by atoms with E-state index in [1.165, 1.54) is 86.5 Å². The number of phenols is 1. The summed E-state index contributed by atoms with van der Waals surface area (Å²) in [7, 11) is -11.2. The average molecular weight is 1290 g/mol. The highest BCUT2D eigenvalue weighted by molar-refractivity contribution is 9.09. The van der Waals surface area contributed by atoms with Crippen LogP contribution in [0.4, 0.5) is 0 Å². The number of fused-ring (bicyclic) bond motifs is 3. The smallest absolute Gasteiger partial charge is 0.338 e. The van der Waals surface area contributed by atoms with Crippen LogP contribution in [0, 0.1) is 19.3 Å². The number of nitrogens with zero attached hydrogens (tertiary/aromatic N) is 2. The van der Waals surface area contributed by atoms with E-state index < -0.39 is 52.5 Å². The van der Waals surface area contributed by atoms with Crippen molar-refractivity contribution >= 4 is 73.1 Å². The molecule has 3 amide bonds. The number of nitrogens with one attached hydrogen (secondary N) is 1. The summed E-state index contributed by atoms with van der Waals surface area (Å²) in [4.78, 5) is 83.8. The summed E-state index contributed by atoms with van der Waals surface area (Å²) in [5, 5.41) is 12.3. The molecule has 0 unspecified atom stereocenters. The number of esters is 2. The van der Waals surface area contributed by atoms with Gasteiger partial charge in [-0.3, -0.25) is 28.8 Å². The van der Waals surface area contributed by atoms with Crippen molar-refractivity contribution in [2.24, 2.45) is 5.41 Å². The van der Waals surface area contributed by atoms with Crippen LogP contribution >= 0.6 is 31.9 Å². The molecule has 83 heavy (non-hydrogen) atoms. The summed E-state index contributed by atoms with van der Waals surface area (Å²) in [5.41, 5.74) is 7.40. The lowest BCUT2D eigenvalue weighted by atomic mass is 9.98. The molecule has 9 rings (SSSR count). The zero-order valence-electron chi connectivity index (χ0n) is 61.4. The van der Waals surface area contributed by atoms with Gasteiger partial charge in [0.05, 0.1) is 85.8 Å². The van der Waals surface area contributed by atoms with E-state index in [1.807, 2.05) is 0 Å². The third kappa shape index (κ3) is 18.9. The largest absolute Gasteiger partial charge is 0.508 e. The Balaban J connectivity index is 0.000000253. The summed E-state index contributed by atoms with van der Waals surface area (Å²) in [6.45, 7) is 12.8. The van der Waals surface area contributed by atoms with E-state index in [0.717, 1.165) is 33.4 Å². The Morgan fingerprint density at radius 2 is 1.04 bits per heavy atom. The molecule has 442 valence electrons. The van der Waals surface area contributed by atoms with Gasteiger partial charge in [0.25, 0.3) is 17.7 Å². The number of ether oxygens (including phenoxy) is 7. The minimum atomic E-state index is -2.57. The van der Waals surface area contributed by atoms with E-state index in [1.54, 1.807) is 88.0 Å². The van der Waals surface area contributed by atoms with Gasteiger partial charge in [0.1, 0.15) is 34.5 Å². The van der Waals surface area contributed by atoms with Crippen LogP contribution in [-0.4, -0.2) is 111 Å². The van der Waals surface area contributed by atoms with Crippen molar-refractivity contribution in [2.45, 2.75) is 73.4 Å². The van der Waals surface area contributed by atoms with Gasteiger partial charge in [-0.15, -0.1) is 0 Å². The second-order valence-corrected chi connectivity index (χ2v) is 20.2. The molecule has 0 radical (unpaired) electrons. The fourth-order valence-electron chi connectivity index (χ4n) is 7.66. The highest BCUT2D eigenvalue weighted by Crippen LogP contribution is 2.29. The number of aromatic hydroxyl groups is 1. The van der Waals surface area contributed by atoms with Gasteiger partial charge in [0, 0.05) is 46.2 Å². The van der Waals surface area contributed by atoms with Crippen molar-refractivity contribution < 1.29 is 92.4 Å². The van der Waals surface area contributed by atoms with Crippen molar-refractivity contribution in [1.29, 1.82) is 0 Å². The van der Waals surface area contributed by atoms with Gasteiger partial charge in [0.2, 0.25) is 0 Å². The minimum Gasteiger partial charge on any atom is -0.508 e. The molecule has 3 aliphatic rings. The van der Waals surface area contributed by atoms with Crippen LogP contribution in [0.3, 0.4) is 0 Å². The number of alkyl halides is 2. The fraction of sp³-hybridized carbons (Fsp3) is 0.317. The summed E-state index contributed by atoms with van der Waals surface area (Å²) < 4.78 is 138. The predicted molar refractivity (Wildman–Crippen MR) is 322 cm³/mol. The number of amides is 3. The lowest BCUT2D eigenvalue weighted by Gasteiger charge is -2.20. The maximum absolute atomic E-state index is 12.3. The molecule has 2 N–H and O–H groups in total. The topological polar surface area (TPSA) is 223 Å². The number of rotatable bonds is 12. The van der Waals surface area contributed by atoms with Gasteiger partial charge in [-0.05, 0) is 155 Å². The second kappa shape index (κ2) is 31.8. The first-order valence-electron chi connectivity index (χ1n) is 32.2. The van der Waals surface area contributed by atoms with E-state index in [4.69, 9.17) is 54.1 Å². The maximum atomic E-state index is 12.3.